The number of carbonyl (C=O) groups excluding carboxylic acids is 3. The molecule has 7 nitrogen and oxygen atoms in total. The minimum Gasteiger partial charge on any atom is -0.360 e. The first-order valence-corrected chi connectivity index (χ1v) is 11.3. The highest BCUT2D eigenvalue weighted by molar-refractivity contribution is 6.30. The van der Waals surface area contributed by atoms with Crippen molar-refractivity contribution in [2.24, 2.45) is 5.92 Å². The molecule has 8 heteroatoms. The van der Waals surface area contributed by atoms with Gasteiger partial charge in [-0.25, -0.2) is 0 Å². The summed E-state index contributed by atoms with van der Waals surface area (Å²) in [4.78, 5) is 40.9. The number of likely N-dealkylation sites (tertiary alicyclic amines) is 1. The first-order valence-electron chi connectivity index (χ1n) is 10.9. The summed E-state index contributed by atoms with van der Waals surface area (Å²) in [7, 11) is 0. The van der Waals surface area contributed by atoms with E-state index in [4.69, 9.17) is 11.6 Å². The molecule has 1 atom stereocenters. The van der Waals surface area contributed by atoms with E-state index in [0.717, 1.165) is 30.6 Å². The predicted molar refractivity (Wildman–Crippen MR) is 124 cm³/mol. The first kappa shape index (κ1) is 22.1. The number of rotatable bonds is 5. The average Bonchev–Trinajstić information content (AvgIpc) is 2.83. The highest BCUT2D eigenvalue weighted by Crippen LogP contribution is 2.21. The van der Waals surface area contributed by atoms with Crippen LogP contribution in [0.3, 0.4) is 0 Å². The number of nitrogens with one attached hydrogen (secondary N) is 2. The zero-order valence-corrected chi connectivity index (χ0v) is 18.6. The van der Waals surface area contributed by atoms with Gasteiger partial charge in [0.2, 0.25) is 11.8 Å². The lowest BCUT2D eigenvalue weighted by Gasteiger charge is -2.32. The third-order valence-electron chi connectivity index (χ3n) is 5.98. The van der Waals surface area contributed by atoms with E-state index < -0.39 is 0 Å². The molecule has 0 aliphatic carbocycles. The number of piperidine rings is 1. The van der Waals surface area contributed by atoms with Crippen LogP contribution in [0.15, 0.2) is 48.5 Å². The van der Waals surface area contributed by atoms with Gasteiger partial charge in [0, 0.05) is 49.0 Å². The lowest BCUT2D eigenvalue weighted by Crippen LogP contribution is -2.47. The maximum Gasteiger partial charge on any atom is 0.253 e. The van der Waals surface area contributed by atoms with Gasteiger partial charge >= 0.3 is 0 Å². The van der Waals surface area contributed by atoms with Crippen molar-refractivity contribution in [2.45, 2.75) is 19.4 Å². The molecule has 1 unspecified atom stereocenters. The van der Waals surface area contributed by atoms with E-state index in [1.807, 2.05) is 29.2 Å². The summed E-state index contributed by atoms with van der Waals surface area (Å²) in [6.45, 7) is 3.30. The fourth-order valence-electron chi connectivity index (χ4n) is 4.17. The smallest absolute Gasteiger partial charge is 0.253 e. The Balaban J connectivity index is 1.29. The van der Waals surface area contributed by atoms with Gasteiger partial charge in [0.15, 0.2) is 0 Å². The van der Waals surface area contributed by atoms with Gasteiger partial charge in [-0.2, -0.15) is 0 Å². The van der Waals surface area contributed by atoms with Crippen LogP contribution in [0.1, 0.15) is 28.8 Å². The van der Waals surface area contributed by atoms with E-state index in [0.29, 0.717) is 43.3 Å². The highest BCUT2D eigenvalue weighted by atomic mass is 35.5. The molecule has 0 radical (unpaired) electrons. The SMILES string of the molecule is O=C1CN(c2ccc(CNC(=O)C3CCCN(C(=O)c4ccc(Cl)cc4)C3)cc2)CCN1. The molecule has 2 fully saturated rings. The van der Waals surface area contributed by atoms with Gasteiger partial charge < -0.3 is 20.4 Å². The number of nitrogens with zero attached hydrogens (tertiary/aromatic N) is 2. The maximum atomic E-state index is 12.8. The van der Waals surface area contributed by atoms with Gasteiger partial charge in [0.25, 0.3) is 5.91 Å². The minimum atomic E-state index is -0.217. The number of amides is 3. The molecule has 3 amide bonds. The normalized spacial score (nSPS) is 18.8. The average molecular weight is 455 g/mol. The van der Waals surface area contributed by atoms with E-state index in [9.17, 15) is 14.4 Å². The summed E-state index contributed by atoms with van der Waals surface area (Å²) in [6, 6.07) is 14.7. The fourth-order valence-corrected chi connectivity index (χ4v) is 4.29. The maximum absolute atomic E-state index is 12.8. The Kier molecular flexibility index (Phi) is 6.95. The second-order valence-corrected chi connectivity index (χ2v) is 8.69. The summed E-state index contributed by atoms with van der Waals surface area (Å²) in [5.41, 5.74) is 2.58. The van der Waals surface area contributed by atoms with Gasteiger partial charge in [0.05, 0.1) is 12.5 Å². The predicted octanol–water partition coefficient (Wildman–Crippen LogP) is 2.44. The molecule has 2 aromatic carbocycles. The molecule has 2 saturated heterocycles. The molecule has 2 aromatic rings. The summed E-state index contributed by atoms with van der Waals surface area (Å²) in [6.07, 6.45) is 1.57. The number of hydrogen-bond donors (Lipinski definition) is 2. The van der Waals surface area contributed by atoms with Crippen LogP contribution in [-0.2, 0) is 16.1 Å². The van der Waals surface area contributed by atoms with E-state index in [1.54, 1.807) is 29.2 Å². The summed E-state index contributed by atoms with van der Waals surface area (Å²) >= 11 is 5.91. The van der Waals surface area contributed by atoms with Crippen LogP contribution in [0.2, 0.25) is 5.02 Å². The van der Waals surface area contributed by atoms with Crippen molar-refractivity contribution in [2.75, 3.05) is 37.6 Å². The van der Waals surface area contributed by atoms with Crippen LogP contribution in [0.5, 0.6) is 0 Å². The van der Waals surface area contributed by atoms with Gasteiger partial charge in [-0.1, -0.05) is 23.7 Å². The largest absolute Gasteiger partial charge is 0.360 e. The van der Waals surface area contributed by atoms with E-state index in [1.165, 1.54) is 0 Å². The lowest BCUT2D eigenvalue weighted by molar-refractivity contribution is -0.126. The van der Waals surface area contributed by atoms with Crippen molar-refractivity contribution in [3.05, 3.63) is 64.7 Å². The van der Waals surface area contributed by atoms with Crippen molar-refractivity contribution >= 4 is 35.0 Å². The van der Waals surface area contributed by atoms with E-state index in [2.05, 4.69) is 10.6 Å². The molecular weight excluding hydrogens is 428 g/mol. The number of carbonyl (C=O) groups is 3. The topological polar surface area (TPSA) is 81.8 Å². The quantitative estimate of drug-likeness (QED) is 0.727. The molecule has 2 aliphatic rings. The molecule has 2 heterocycles. The standard InChI is InChI=1S/C24H27ClN4O3/c25-20-7-5-18(6-8-20)24(32)29-12-1-2-19(15-29)23(31)27-14-17-3-9-21(10-4-17)28-13-11-26-22(30)16-28/h3-10,19H,1-2,11-16H2,(H,26,30)(H,27,31). The molecule has 0 aromatic heterocycles. The Hall–Kier alpha value is -3.06. The number of halogens is 1. The summed E-state index contributed by atoms with van der Waals surface area (Å²) in [5, 5.41) is 6.42. The molecule has 0 spiro atoms. The summed E-state index contributed by atoms with van der Waals surface area (Å²) < 4.78 is 0. The first-order chi connectivity index (χ1) is 15.5. The molecule has 2 aliphatic heterocycles. The fraction of sp³-hybridized carbons (Fsp3) is 0.375. The molecular formula is C24H27ClN4O3. The van der Waals surface area contributed by atoms with Crippen LogP contribution in [-0.4, -0.2) is 55.3 Å². The van der Waals surface area contributed by atoms with Crippen LogP contribution >= 0.6 is 11.6 Å². The second kappa shape index (κ2) is 10.0. The van der Waals surface area contributed by atoms with E-state index in [-0.39, 0.29) is 23.6 Å². The number of hydrogen-bond acceptors (Lipinski definition) is 4. The van der Waals surface area contributed by atoms with Gasteiger partial charge in [-0.3, -0.25) is 14.4 Å². The molecule has 168 valence electrons. The van der Waals surface area contributed by atoms with Crippen LogP contribution in [0, 0.1) is 5.92 Å². The lowest BCUT2D eigenvalue weighted by atomic mass is 9.96. The Morgan fingerprint density at radius 2 is 1.81 bits per heavy atom. The number of anilines is 1. The number of benzene rings is 2. The van der Waals surface area contributed by atoms with E-state index >= 15 is 0 Å². The summed E-state index contributed by atoms with van der Waals surface area (Å²) in [5.74, 6) is -0.286. The van der Waals surface area contributed by atoms with Crippen molar-refractivity contribution in [3.8, 4) is 0 Å². The van der Waals surface area contributed by atoms with Gasteiger partial charge in [-0.05, 0) is 54.8 Å². The van der Waals surface area contributed by atoms with Crippen LogP contribution in [0.25, 0.3) is 0 Å². The van der Waals surface area contributed by atoms with Gasteiger partial charge in [0.1, 0.15) is 0 Å². The van der Waals surface area contributed by atoms with Crippen molar-refractivity contribution in [1.29, 1.82) is 0 Å². The molecule has 32 heavy (non-hydrogen) atoms. The molecule has 2 N–H and O–H groups in total. The Morgan fingerprint density at radius 1 is 1.06 bits per heavy atom. The second-order valence-electron chi connectivity index (χ2n) is 8.25. The molecule has 4 rings (SSSR count). The Morgan fingerprint density at radius 3 is 2.53 bits per heavy atom. The third-order valence-corrected chi connectivity index (χ3v) is 6.23. The minimum absolute atomic E-state index is 0.0312. The van der Waals surface area contributed by atoms with Crippen molar-refractivity contribution < 1.29 is 14.4 Å². The molecule has 0 saturated carbocycles. The van der Waals surface area contributed by atoms with Crippen LogP contribution in [0.4, 0.5) is 5.69 Å². The zero-order chi connectivity index (χ0) is 22.5. The third kappa shape index (κ3) is 5.40. The van der Waals surface area contributed by atoms with Crippen LogP contribution < -0.4 is 15.5 Å². The van der Waals surface area contributed by atoms with Crippen molar-refractivity contribution in [3.63, 3.8) is 0 Å². The zero-order valence-electron chi connectivity index (χ0n) is 17.9. The Labute approximate surface area is 192 Å². The number of piperazine rings is 1. The van der Waals surface area contributed by atoms with Gasteiger partial charge in [-0.15, -0.1) is 0 Å². The Bertz CT molecular complexity index is 978. The highest BCUT2D eigenvalue weighted by Gasteiger charge is 2.28. The van der Waals surface area contributed by atoms with Crippen molar-refractivity contribution in [1.82, 2.24) is 15.5 Å². The molecule has 0 bridgehead atoms. The monoisotopic (exact) mass is 454 g/mol.